The molecule has 0 aliphatic heterocycles. The Morgan fingerprint density at radius 3 is 2.52 bits per heavy atom. The Bertz CT molecular complexity index is 665. The van der Waals surface area contributed by atoms with Gasteiger partial charge >= 0.3 is 5.97 Å². The van der Waals surface area contributed by atoms with Gasteiger partial charge in [-0.3, -0.25) is 4.79 Å². The third-order valence-electron chi connectivity index (χ3n) is 2.99. The number of anilines is 1. The lowest BCUT2D eigenvalue weighted by Crippen LogP contribution is -2.34. The fraction of sp³-hybridized carbons (Fsp3) is 0.200. The minimum absolute atomic E-state index is 0.0872. The van der Waals surface area contributed by atoms with Crippen molar-refractivity contribution >= 4 is 41.0 Å². The third-order valence-corrected chi connectivity index (χ3v) is 3.96. The maximum Gasteiger partial charge on any atom is 0.305 e. The third kappa shape index (κ3) is 5.50. The molecule has 8 heteroatoms. The number of benzene rings is 1. The molecule has 1 heterocycles. The lowest BCUT2D eigenvalue weighted by molar-refractivity contribution is -0.137. The van der Waals surface area contributed by atoms with E-state index < -0.39 is 12.0 Å². The summed E-state index contributed by atoms with van der Waals surface area (Å²) in [5.41, 5.74) is 0.850. The van der Waals surface area contributed by atoms with Crippen LogP contribution in [0.3, 0.4) is 0 Å². The van der Waals surface area contributed by atoms with Gasteiger partial charge in [-0.25, -0.2) is 9.97 Å². The predicted octanol–water partition coefficient (Wildman–Crippen LogP) is 2.70. The van der Waals surface area contributed by atoms with Gasteiger partial charge in [-0.2, -0.15) is 0 Å². The number of nitrogens with one attached hydrogen (secondary N) is 2. The Kier molecular flexibility index (Phi) is 6.30. The maximum absolute atomic E-state index is 11.1. The first-order valence-corrected chi connectivity index (χ1v) is 8.42. The number of hydrogen-bond donors (Lipinski definition) is 3. The van der Waals surface area contributed by atoms with Crippen LogP contribution in [-0.4, -0.2) is 32.4 Å². The average Bonchev–Trinajstić information content (AvgIpc) is 2.55. The van der Waals surface area contributed by atoms with Crippen LogP contribution in [0.5, 0.6) is 0 Å². The van der Waals surface area contributed by atoms with Gasteiger partial charge in [0.05, 0.1) is 12.5 Å². The molecule has 120 valence electrons. The maximum atomic E-state index is 11.1. The second-order valence-electron chi connectivity index (χ2n) is 4.59. The summed E-state index contributed by atoms with van der Waals surface area (Å²) in [6.45, 7) is 0. The largest absolute Gasteiger partial charge is 0.481 e. The van der Waals surface area contributed by atoms with Crippen molar-refractivity contribution in [3.63, 3.8) is 0 Å². The second-order valence-corrected chi connectivity index (χ2v) is 5.88. The van der Waals surface area contributed by atoms with E-state index in [0.29, 0.717) is 5.95 Å². The van der Waals surface area contributed by atoms with Gasteiger partial charge < -0.3 is 15.7 Å². The number of carboxylic acids is 1. The number of carbonyl (C=O) groups is 1. The molecular formula is C15H16N4O2S2. The van der Waals surface area contributed by atoms with E-state index in [1.165, 1.54) is 0 Å². The van der Waals surface area contributed by atoms with Crippen molar-refractivity contribution in [3.05, 3.63) is 48.3 Å². The summed E-state index contributed by atoms with van der Waals surface area (Å²) < 4.78 is 0. The molecular weight excluding hydrogens is 332 g/mol. The molecule has 1 aromatic carbocycles. The van der Waals surface area contributed by atoms with E-state index in [9.17, 15) is 4.79 Å². The van der Waals surface area contributed by atoms with Crippen molar-refractivity contribution < 1.29 is 9.90 Å². The molecule has 3 N–H and O–H groups in total. The molecule has 2 rings (SSSR count). The Morgan fingerprint density at radius 2 is 1.96 bits per heavy atom. The van der Waals surface area contributed by atoms with Gasteiger partial charge in [-0.15, -0.1) is 11.8 Å². The number of carboxylic acid groups (broad SMARTS) is 1. The molecule has 0 spiro atoms. The Hall–Kier alpha value is -2.19. The molecule has 0 unspecified atom stereocenters. The topological polar surface area (TPSA) is 87.1 Å². The van der Waals surface area contributed by atoms with Gasteiger partial charge in [-0.1, -0.05) is 12.1 Å². The van der Waals surface area contributed by atoms with Gasteiger partial charge in [0.1, 0.15) is 0 Å². The summed E-state index contributed by atoms with van der Waals surface area (Å²) in [6.07, 6.45) is 5.08. The molecule has 0 aliphatic carbocycles. The Labute approximate surface area is 143 Å². The fourth-order valence-corrected chi connectivity index (χ4v) is 2.56. The number of aromatic nitrogens is 2. The quantitative estimate of drug-likeness (QED) is 0.542. The molecule has 23 heavy (non-hydrogen) atoms. The first-order chi connectivity index (χ1) is 11.1. The predicted molar refractivity (Wildman–Crippen MR) is 94.6 cm³/mol. The van der Waals surface area contributed by atoms with Crippen molar-refractivity contribution in [3.8, 4) is 0 Å². The number of aliphatic carboxylic acids is 1. The summed E-state index contributed by atoms with van der Waals surface area (Å²) in [4.78, 5) is 20.3. The van der Waals surface area contributed by atoms with E-state index in [-0.39, 0.29) is 11.5 Å². The van der Waals surface area contributed by atoms with Crippen molar-refractivity contribution in [1.82, 2.24) is 15.3 Å². The zero-order chi connectivity index (χ0) is 16.7. The summed E-state index contributed by atoms with van der Waals surface area (Å²) in [6, 6.07) is 8.96. The van der Waals surface area contributed by atoms with Crippen molar-refractivity contribution in [1.29, 1.82) is 0 Å². The van der Waals surface area contributed by atoms with Crippen molar-refractivity contribution in [2.24, 2.45) is 0 Å². The molecule has 0 fully saturated rings. The molecule has 0 amide bonds. The Balaban J connectivity index is 2.08. The van der Waals surface area contributed by atoms with Crippen molar-refractivity contribution in [2.45, 2.75) is 17.4 Å². The highest BCUT2D eigenvalue weighted by Gasteiger charge is 2.17. The van der Waals surface area contributed by atoms with Crippen LogP contribution in [0.4, 0.5) is 5.95 Å². The smallest absolute Gasteiger partial charge is 0.305 e. The number of rotatable bonds is 6. The molecule has 1 atom stereocenters. The van der Waals surface area contributed by atoms with E-state index in [0.717, 1.165) is 10.5 Å². The summed E-state index contributed by atoms with van der Waals surface area (Å²) in [5, 5.41) is 15.2. The highest BCUT2D eigenvalue weighted by atomic mass is 32.2. The van der Waals surface area contributed by atoms with Crippen LogP contribution in [0.2, 0.25) is 0 Å². The fourth-order valence-electron chi connectivity index (χ4n) is 1.92. The first-order valence-electron chi connectivity index (χ1n) is 6.79. The average molecular weight is 348 g/mol. The summed E-state index contributed by atoms with van der Waals surface area (Å²) in [5.74, 6) is -0.549. The minimum atomic E-state index is -0.907. The van der Waals surface area contributed by atoms with Crippen LogP contribution < -0.4 is 10.6 Å². The SMILES string of the molecule is CSc1ccc([C@H](CC(=O)O)NC(=S)Nc2ncccn2)cc1. The van der Waals surface area contributed by atoms with Crippen LogP contribution in [0.1, 0.15) is 18.0 Å². The molecule has 2 aromatic rings. The van der Waals surface area contributed by atoms with Gasteiger partial charge in [0.2, 0.25) is 5.95 Å². The van der Waals surface area contributed by atoms with Gasteiger partial charge in [-0.05, 0) is 42.2 Å². The summed E-state index contributed by atoms with van der Waals surface area (Å²) >= 11 is 6.84. The van der Waals surface area contributed by atoms with E-state index in [1.54, 1.807) is 30.2 Å². The summed E-state index contributed by atoms with van der Waals surface area (Å²) in [7, 11) is 0. The van der Waals surface area contributed by atoms with E-state index in [4.69, 9.17) is 17.3 Å². The van der Waals surface area contributed by atoms with E-state index in [1.807, 2.05) is 30.5 Å². The second kappa shape index (κ2) is 8.44. The Morgan fingerprint density at radius 1 is 1.30 bits per heavy atom. The number of thiocarbonyl (C=S) groups is 1. The first kappa shape index (κ1) is 17.2. The van der Waals surface area contributed by atoms with Crippen LogP contribution >= 0.6 is 24.0 Å². The molecule has 0 saturated heterocycles. The van der Waals surface area contributed by atoms with Gasteiger partial charge in [0, 0.05) is 17.3 Å². The lowest BCUT2D eigenvalue weighted by Gasteiger charge is -2.19. The van der Waals surface area contributed by atoms with Crippen molar-refractivity contribution in [2.75, 3.05) is 11.6 Å². The molecule has 6 nitrogen and oxygen atoms in total. The van der Waals surface area contributed by atoms with Crippen LogP contribution in [-0.2, 0) is 4.79 Å². The molecule has 1 aromatic heterocycles. The highest BCUT2D eigenvalue weighted by Crippen LogP contribution is 2.21. The zero-order valence-electron chi connectivity index (χ0n) is 12.4. The van der Waals surface area contributed by atoms with E-state index in [2.05, 4.69) is 20.6 Å². The number of nitrogens with zero attached hydrogens (tertiary/aromatic N) is 2. The zero-order valence-corrected chi connectivity index (χ0v) is 14.0. The van der Waals surface area contributed by atoms with Crippen LogP contribution in [0.25, 0.3) is 0 Å². The van der Waals surface area contributed by atoms with Gasteiger partial charge in [0.25, 0.3) is 0 Å². The standard InChI is InChI=1S/C15H16N4O2S2/c1-23-11-5-3-10(4-6-11)12(9-13(20)21)18-15(22)19-14-16-7-2-8-17-14/h2-8,12H,9H2,1H3,(H,20,21)(H2,16,17,18,19,22)/t12-/m0/s1. The molecule has 0 aliphatic rings. The molecule has 0 bridgehead atoms. The van der Waals surface area contributed by atoms with Gasteiger partial charge in [0.15, 0.2) is 5.11 Å². The number of hydrogen-bond acceptors (Lipinski definition) is 5. The molecule has 0 saturated carbocycles. The van der Waals surface area contributed by atoms with E-state index >= 15 is 0 Å². The van der Waals surface area contributed by atoms with Crippen LogP contribution in [0.15, 0.2) is 47.6 Å². The highest BCUT2D eigenvalue weighted by molar-refractivity contribution is 7.98. The monoisotopic (exact) mass is 348 g/mol. The normalized spacial score (nSPS) is 11.5. The minimum Gasteiger partial charge on any atom is -0.481 e. The lowest BCUT2D eigenvalue weighted by atomic mass is 10.0. The molecule has 0 radical (unpaired) electrons. The number of thioether (sulfide) groups is 1. The van der Waals surface area contributed by atoms with Crippen LogP contribution in [0, 0.1) is 0 Å².